The Bertz CT molecular complexity index is 377. The highest BCUT2D eigenvalue weighted by atomic mass is 16.5. The summed E-state index contributed by atoms with van der Waals surface area (Å²) >= 11 is 0. The van der Waals surface area contributed by atoms with Crippen LogP contribution >= 0.6 is 0 Å². The highest BCUT2D eigenvalue weighted by Gasteiger charge is 2.24. The van der Waals surface area contributed by atoms with E-state index >= 15 is 0 Å². The number of rotatable bonds is 2. The van der Waals surface area contributed by atoms with Crippen molar-refractivity contribution in [2.45, 2.75) is 45.3 Å². The molecule has 0 N–H and O–H groups in total. The Morgan fingerprint density at radius 1 is 1.44 bits per heavy atom. The molecule has 1 aliphatic rings. The van der Waals surface area contributed by atoms with Gasteiger partial charge >= 0.3 is 6.03 Å². The van der Waals surface area contributed by atoms with E-state index in [4.69, 9.17) is 4.74 Å². The fraction of sp³-hybridized carbons (Fsp3) is 0.750. The van der Waals surface area contributed by atoms with E-state index in [0.29, 0.717) is 6.54 Å². The van der Waals surface area contributed by atoms with Gasteiger partial charge in [-0.15, -0.1) is 0 Å². The zero-order chi connectivity index (χ0) is 13.0. The monoisotopic (exact) mass is 252 g/mol. The summed E-state index contributed by atoms with van der Waals surface area (Å²) in [5.74, 6) is 0. The maximum Gasteiger partial charge on any atom is 0.346 e. The maximum absolute atomic E-state index is 12.2. The SMILES string of the molecule is CC(C)OC1CCCCN(C(=O)n2cncn2)C1. The highest BCUT2D eigenvalue weighted by molar-refractivity contribution is 5.75. The summed E-state index contributed by atoms with van der Waals surface area (Å²) in [6, 6.07) is -0.119. The quantitative estimate of drug-likeness (QED) is 0.800. The van der Waals surface area contributed by atoms with Crippen molar-refractivity contribution in [2.75, 3.05) is 13.1 Å². The summed E-state index contributed by atoms with van der Waals surface area (Å²) in [5, 5.41) is 3.88. The molecule has 1 aromatic rings. The number of ether oxygens (including phenoxy) is 1. The van der Waals surface area contributed by atoms with E-state index in [0.717, 1.165) is 25.8 Å². The first-order valence-electron chi connectivity index (χ1n) is 6.46. The van der Waals surface area contributed by atoms with Gasteiger partial charge in [-0.25, -0.2) is 9.78 Å². The lowest BCUT2D eigenvalue weighted by molar-refractivity contribution is -0.00519. The molecule has 0 aromatic carbocycles. The van der Waals surface area contributed by atoms with E-state index in [1.165, 1.54) is 17.3 Å². The van der Waals surface area contributed by atoms with Gasteiger partial charge in [0.2, 0.25) is 0 Å². The molecule has 0 spiro atoms. The summed E-state index contributed by atoms with van der Waals surface area (Å²) in [7, 11) is 0. The van der Waals surface area contributed by atoms with E-state index in [1.807, 2.05) is 13.8 Å². The molecule has 6 nitrogen and oxygen atoms in total. The van der Waals surface area contributed by atoms with Crippen molar-refractivity contribution in [3.05, 3.63) is 12.7 Å². The lowest BCUT2D eigenvalue weighted by Gasteiger charge is -2.25. The van der Waals surface area contributed by atoms with Crippen molar-refractivity contribution in [2.24, 2.45) is 0 Å². The first kappa shape index (κ1) is 13.0. The second-order valence-electron chi connectivity index (χ2n) is 4.87. The molecular weight excluding hydrogens is 232 g/mol. The molecule has 1 aromatic heterocycles. The van der Waals surface area contributed by atoms with E-state index < -0.39 is 0 Å². The predicted octanol–water partition coefficient (Wildman–Crippen LogP) is 1.53. The minimum absolute atomic E-state index is 0.119. The van der Waals surface area contributed by atoms with Crippen molar-refractivity contribution in [3.8, 4) is 0 Å². The molecule has 0 radical (unpaired) electrons. The van der Waals surface area contributed by atoms with Gasteiger partial charge in [0.1, 0.15) is 12.7 Å². The van der Waals surface area contributed by atoms with Gasteiger partial charge in [-0.3, -0.25) is 0 Å². The average molecular weight is 252 g/mol. The normalized spacial score (nSPS) is 21.1. The van der Waals surface area contributed by atoms with Gasteiger partial charge in [-0.1, -0.05) is 0 Å². The molecule has 100 valence electrons. The molecule has 1 unspecified atom stereocenters. The van der Waals surface area contributed by atoms with Crippen LogP contribution in [-0.2, 0) is 4.74 Å². The Morgan fingerprint density at radius 3 is 2.94 bits per heavy atom. The third-order valence-electron chi connectivity index (χ3n) is 2.98. The molecule has 1 amide bonds. The standard InChI is InChI=1S/C12H20N4O2/c1-10(2)18-11-5-3-4-6-15(7-11)12(17)16-9-13-8-14-16/h8-11H,3-7H2,1-2H3. The third-order valence-corrected chi connectivity index (χ3v) is 2.98. The van der Waals surface area contributed by atoms with Gasteiger partial charge in [-0.05, 0) is 33.1 Å². The third kappa shape index (κ3) is 3.29. The Hall–Kier alpha value is -1.43. The molecule has 2 rings (SSSR count). The number of likely N-dealkylation sites (tertiary alicyclic amines) is 1. The van der Waals surface area contributed by atoms with E-state index in [-0.39, 0.29) is 18.2 Å². The minimum Gasteiger partial charge on any atom is -0.374 e. The van der Waals surface area contributed by atoms with Gasteiger partial charge in [0, 0.05) is 13.1 Å². The largest absolute Gasteiger partial charge is 0.374 e. The summed E-state index contributed by atoms with van der Waals surface area (Å²) in [6.45, 7) is 5.44. The maximum atomic E-state index is 12.2. The second-order valence-corrected chi connectivity index (χ2v) is 4.87. The predicted molar refractivity (Wildman–Crippen MR) is 66.2 cm³/mol. The molecule has 0 aliphatic carbocycles. The summed E-state index contributed by atoms with van der Waals surface area (Å²) in [6.07, 6.45) is 6.25. The Labute approximate surface area is 107 Å². The molecule has 0 saturated carbocycles. The first-order valence-corrected chi connectivity index (χ1v) is 6.46. The highest BCUT2D eigenvalue weighted by Crippen LogP contribution is 2.15. The van der Waals surface area contributed by atoms with Gasteiger partial charge in [0.25, 0.3) is 0 Å². The summed E-state index contributed by atoms with van der Waals surface area (Å²) < 4.78 is 7.11. The first-order chi connectivity index (χ1) is 8.66. The average Bonchev–Trinajstić information content (AvgIpc) is 2.75. The molecule has 2 heterocycles. The van der Waals surface area contributed by atoms with Crippen molar-refractivity contribution >= 4 is 6.03 Å². The van der Waals surface area contributed by atoms with Crippen LogP contribution in [0.25, 0.3) is 0 Å². The van der Waals surface area contributed by atoms with Crippen LogP contribution in [0.1, 0.15) is 33.1 Å². The molecule has 1 aliphatic heterocycles. The number of nitrogens with zero attached hydrogens (tertiary/aromatic N) is 4. The summed E-state index contributed by atoms with van der Waals surface area (Å²) in [5.41, 5.74) is 0. The van der Waals surface area contributed by atoms with Crippen LogP contribution in [0.3, 0.4) is 0 Å². The lowest BCUT2D eigenvalue weighted by Crippen LogP contribution is -2.40. The van der Waals surface area contributed by atoms with Crippen LogP contribution in [-0.4, -0.2) is 51.0 Å². The van der Waals surface area contributed by atoms with Crippen LogP contribution in [0.2, 0.25) is 0 Å². The second kappa shape index (κ2) is 5.95. The fourth-order valence-electron chi connectivity index (χ4n) is 2.22. The molecule has 1 fully saturated rings. The Balaban J connectivity index is 2.00. The molecule has 0 bridgehead atoms. The van der Waals surface area contributed by atoms with Gasteiger partial charge in [0.15, 0.2) is 0 Å². The number of carbonyl (C=O) groups excluding carboxylic acids is 1. The van der Waals surface area contributed by atoms with Gasteiger partial charge in [-0.2, -0.15) is 9.78 Å². The van der Waals surface area contributed by atoms with Crippen molar-refractivity contribution in [1.29, 1.82) is 0 Å². The molecule has 18 heavy (non-hydrogen) atoms. The van der Waals surface area contributed by atoms with Crippen LogP contribution in [0.15, 0.2) is 12.7 Å². The van der Waals surface area contributed by atoms with Crippen LogP contribution in [0.4, 0.5) is 4.79 Å². The van der Waals surface area contributed by atoms with Crippen LogP contribution in [0.5, 0.6) is 0 Å². The number of amides is 1. The van der Waals surface area contributed by atoms with Crippen LogP contribution in [0, 0.1) is 0 Å². The van der Waals surface area contributed by atoms with Crippen LogP contribution < -0.4 is 0 Å². The van der Waals surface area contributed by atoms with E-state index in [1.54, 1.807) is 4.90 Å². The van der Waals surface area contributed by atoms with Crippen molar-refractivity contribution in [1.82, 2.24) is 19.7 Å². The van der Waals surface area contributed by atoms with Gasteiger partial charge < -0.3 is 9.64 Å². The number of carbonyl (C=O) groups is 1. The fourth-order valence-corrected chi connectivity index (χ4v) is 2.22. The topological polar surface area (TPSA) is 60.2 Å². The Kier molecular flexibility index (Phi) is 4.30. The zero-order valence-corrected chi connectivity index (χ0v) is 11.0. The number of aromatic nitrogens is 3. The molecule has 1 atom stereocenters. The minimum atomic E-state index is -0.119. The lowest BCUT2D eigenvalue weighted by atomic mass is 10.2. The number of hydrogen-bond acceptors (Lipinski definition) is 4. The van der Waals surface area contributed by atoms with Gasteiger partial charge in [0.05, 0.1) is 12.2 Å². The molecule has 6 heteroatoms. The van der Waals surface area contributed by atoms with E-state index in [2.05, 4.69) is 10.1 Å². The number of hydrogen-bond donors (Lipinski definition) is 0. The molecule has 1 saturated heterocycles. The van der Waals surface area contributed by atoms with E-state index in [9.17, 15) is 4.79 Å². The zero-order valence-electron chi connectivity index (χ0n) is 11.0. The Morgan fingerprint density at radius 2 is 2.28 bits per heavy atom. The smallest absolute Gasteiger partial charge is 0.346 e. The van der Waals surface area contributed by atoms with Crippen molar-refractivity contribution < 1.29 is 9.53 Å². The summed E-state index contributed by atoms with van der Waals surface area (Å²) in [4.78, 5) is 17.8. The van der Waals surface area contributed by atoms with Crippen molar-refractivity contribution in [3.63, 3.8) is 0 Å². The molecular formula is C12H20N4O2.